The molecule has 0 saturated heterocycles. The van der Waals surface area contributed by atoms with Gasteiger partial charge in [0.25, 0.3) is 5.91 Å². The molecule has 3 aromatic rings. The number of furan rings is 1. The zero-order valence-electron chi connectivity index (χ0n) is 15.8. The van der Waals surface area contributed by atoms with Crippen LogP contribution in [0.5, 0.6) is 0 Å². The van der Waals surface area contributed by atoms with Gasteiger partial charge in [-0.2, -0.15) is 5.10 Å². The molecule has 0 aliphatic heterocycles. The topological polar surface area (TPSA) is 90.5 Å². The Kier molecular flexibility index (Phi) is 5.25. The van der Waals surface area contributed by atoms with Crippen LogP contribution in [0.4, 0.5) is 0 Å². The van der Waals surface area contributed by atoms with E-state index in [2.05, 4.69) is 10.1 Å². The van der Waals surface area contributed by atoms with Gasteiger partial charge in [0.05, 0.1) is 18.3 Å². The third-order valence-electron chi connectivity index (χ3n) is 4.10. The van der Waals surface area contributed by atoms with Gasteiger partial charge in [-0.05, 0) is 39.0 Å². The van der Waals surface area contributed by atoms with Crippen LogP contribution in [0.25, 0.3) is 11.0 Å². The number of esters is 1. The molecule has 0 aliphatic rings. The predicted octanol–water partition coefficient (Wildman–Crippen LogP) is 2.73. The van der Waals surface area contributed by atoms with Gasteiger partial charge in [0.1, 0.15) is 11.5 Å². The number of aromatic nitrogens is 3. The van der Waals surface area contributed by atoms with Gasteiger partial charge in [0.2, 0.25) is 0 Å². The Morgan fingerprint density at radius 1 is 1.30 bits per heavy atom. The zero-order valence-corrected chi connectivity index (χ0v) is 15.8. The number of likely N-dealkylation sites (N-methyl/N-ethyl adjacent to an activating group) is 1. The minimum atomic E-state index is -0.600. The monoisotopic (exact) mass is 370 g/mol. The number of rotatable bonds is 6. The molecule has 0 fully saturated rings. The molecule has 0 saturated carbocycles. The van der Waals surface area contributed by atoms with Gasteiger partial charge in [-0.3, -0.25) is 4.79 Å². The lowest BCUT2D eigenvalue weighted by Crippen LogP contribution is -2.30. The van der Waals surface area contributed by atoms with E-state index in [0.717, 1.165) is 11.1 Å². The summed E-state index contributed by atoms with van der Waals surface area (Å²) < 4.78 is 12.3. The van der Waals surface area contributed by atoms with E-state index in [1.165, 1.54) is 11.1 Å². The van der Waals surface area contributed by atoms with Gasteiger partial charge in [-0.25, -0.2) is 14.5 Å². The number of fused-ring (bicyclic) bond motifs is 1. The smallest absolute Gasteiger partial charge is 0.340 e. The van der Waals surface area contributed by atoms with Crippen molar-refractivity contribution in [3.8, 4) is 0 Å². The average molecular weight is 370 g/mol. The standard InChI is InChI=1S/C19H22N4O4/c1-12(2)23-18-14(9-21-23)7-15(8-20-18)19(25)26-11-17(24)22(4)10-16-6-5-13(3)27-16/h5-9,12H,10-11H2,1-4H3. The van der Waals surface area contributed by atoms with E-state index < -0.39 is 5.97 Å². The minimum absolute atomic E-state index is 0.166. The van der Waals surface area contributed by atoms with Crippen LogP contribution in [-0.2, 0) is 16.1 Å². The molecule has 0 aliphatic carbocycles. The molecule has 3 aromatic heterocycles. The van der Waals surface area contributed by atoms with Crippen LogP contribution in [-0.4, -0.2) is 45.2 Å². The van der Waals surface area contributed by atoms with Crippen molar-refractivity contribution < 1.29 is 18.7 Å². The second-order valence-electron chi connectivity index (χ2n) is 6.66. The Balaban J connectivity index is 1.60. The summed E-state index contributed by atoms with van der Waals surface area (Å²) in [5.41, 5.74) is 0.981. The van der Waals surface area contributed by atoms with E-state index in [1.807, 2.05) is 32.9 Å². The van der Waals surface area contributed by atoms with Crippen molar-refractivity contribution >= 4 is 22.9 Å². The van der Waals surface area contributed by atoms with Gasteiger partial charge >= 0.3 is 5.97 Å². The summed E-state index contributed by atoms with van der Waals surface area (Å²) >= 11 is 0. The molecule has 0 radical (unpaired) electrons. The number of carbonyl (C=O) groups excluding carboxylic acids is 2. The number of nitrogens with zero attached hydrogens (tertiary/aromatic N) is 4. The first-order chi connectivity index (χ1) is 12.8. The van der Waals surface area contributed by atoms with Crippen LogP contribution < -0.4 is 0 Å². The highest BCUT2D eigenvalue weighted by Gasteiger charge is 2.16. The maximum atomic E-state index is 12.2. The van der Waals surface area contributed by atoms with Crippen molar-refractivity contribution in [3.63, 3.8) is 0 Å². The predicted molar refractivity (Wildman–Crippen MR) is 98.1 cm³/mol. The number of amides is 1. The molecule has 1 amide bonds. The summed E-state index contributed by atoms with van der Waals surface area (Å²) in [6, 6.07) is 5.47. The van der Waals surface area contributed by atoms with Crippen molar-refractivity contribution in [1.29, 1.82) is 0 Å². The van der Waals surface area contributed by atoms with Crippen LogP contribution in [0.1, 0.15) is 41.8 Å². The van der Waals surface area contributed by atoms with E-state index in [9.17, 15) is 9.59 Å². The average Bonchev–Trinajstić information content (AvgIpc) is 3.24. The van der Waals surface area contributed by atoms with Gasteiger partial charge in [-0.1, -0.05) is 0 Å². The van der Waals surface area contributed by atoms with Gasteiger partial charge < -0.3 is 14.1 Å². The fraction of sp³-hybridized carbons (Fsp3) is 0.368. The van der Waals surface area contributed by atoms with Crippen LogP contribution in [0, 0.1) is 6.92 Å². The number of aryl methyl sites for hydroxylation is 1. The summed E-state index contributed by atoms with van der Waals surface area (Å²) in [5, 5.41) is 5.01. The minimum Gasteiger partial charge on any atom is -0.464 e. The maximum absolute atomic E-state index is 12.2. The third-order valence-corrected chi connectivity index (χ3v) is 4.10. The Bertz CT molecular complexity index is 973. The molecule has 3 heterocycles. The van der Waals surface area contributed by atoms with Gasteiger partial charge in [-0.15, -0.1) is 0 Å². The second kappa shape index (κ2) is 7.61. The highest BCUT2D eigenvalue weighted by Crippen LogP contribution is 2.17. The van der Waals surface area contributed by atoms with E-state index >= 15 is 0 Å². The highest BCUT2D eigenvalue weighted by molar-refractivity contribution is 5.94. The Morgan fingerprint density at radius 3 is 2.74 bits per heavy atom. The fourth-order valence-corrected chi connectivity index (χ4v) is 2.64. The van der Waals surface area contributed by atoms with Crippen LogP contribution in [0.15, 0.2) is 35.0 Å². The largest absolute Gasteiger partial charge is 0.464 e. The Labute approximate surface area is 156 Å². The summed E-state index contributed by atoms with van der Waals surface area (Å²) in [5.74, 6) is 0.531. The molecule has 0 aromatic carbocycles. The van der Waals surface area contributed by atoms with E-state index in [0.29, 0.717) is 18.0 Å². The fourth-order valence-electron chi connectivity index (χ4n) is 2.64. The van der Waals surface area contributed by atoms with Gasteiger partial charge in [0.15, 0.2) is 12.3 Å². The van der Waals surface area contributed by atoms with Crippen molar-refractivity contribution in [2.75, 3.05) is 13.7 Å². The Hall–Kier alpha value is -3.16. The summed E-state index contributed by atoms with van der Waals surface area (Å²) in [6.07, 6.45) is 3.09. The molecule has 0 N–H and O–H groups in total. The number of hydrogen-bond donors (Lipinski definition) is 0. The molecular formula is C19H22N4O4. The lowest BCUT2D eigenvalue weighted by molar-refractivity contribution is -0.134. The quantitative estimate of drug-likeness (QED) is 0.620. The maximum Gasteiger partial charge on any atom is 0.340 e. The first-order valence-electron chi connectivity index (χ1n) is 8.65. The lowest BCUT2D eigenvalue weighted by Gasteiger charge is -2.15. The highest BCUT2D eigenvalue weighted by atomic mass is 16.5. The molecule has 27 heavy (non-hydrogen) atoms. The summed E-state index contributed by atoms with van der Waals surface area (Å²) in [7, 11) is 1.63. The van der Waals surface area contributed by atoms with Crippen molar-refractivity contribution in [1.82, 2.24) is 19.7 Å². The molecule has 8 nitrogen and oxygen atoms in total. The van der Waals surface area contributed by atoms with Crippen molar-refractivity contribution in [2.24, 2.45) is 0 Å². The number of pyridine rings is 1. The first kappa shape index (κ1) is 18.6. The summed E-state index contributed by atoms with van der Waals surface area (Å²) in [6.45, 7) is 5.80. The SMILES string of the molecule is Cc1ccc(CN(C)C(=O)COC(=O)c2cnc3c(cnn3C(C)C)c2)o1. The molecule has 0 unspecified atom stereocenters. The normalized spacial score (nSPS) is 11.1. The second-order valence-corrected chi connectivity index (χ2v) is 6.66. The first-order valence-corrected chi connectivity index (χ1v) is 8.65. The molecule has 0 bridgehead atoms. The number of ether oxygens (including phenoxy) is 1. The van der Waals surface area contributed by atoms with Crippen LogP contribution >= 0.6 is 0 Å². The van der Waals surface area contributed by atoms with Gasteiger partial charge in [0, 0.05) is 24.7 Å². The van der Waals surface area contributed by atoms with E-state index in [4.69, 9.17) is 9.15 Å². The molecule has 142 valence electrons. The zero-order chi connectivity index (χ0) is 19.6. The molecule has 0 spiro atoms. The van der Waals surface area contributed by atoms with E-state index in [1.54, 1.807) is 24.0 Å². The number of hydrogen-bond acceptors (Lipinski definition) is 6. The molecule has 0 atom stereocenters. The molecule has 8 heteroatoms. The third kappa shape index (κ3) is 4.16. The van der Waals surface area contributed by atoms with Crippen molar-refractivity contribution in [2.45, 2.75) is 33.4 Å². The van der Waals surface area contributed by atoms with Crippen LogP contribution in [0.3, 0.4) is 0 Å². The lowest BCUT2D eigenvalue weighted by atomic mass is 10.2. The number of carbonyl (C=O) groups is 2. The molecular weight excluding hydrogens is 348 g/mol. The van der Waals surface area contributed by atoms with E-state index in [-0.39, 0.29) is 24.1 Å². The Morgan fingerprint density at radius 2 is 2.07 bits per heavy atom. The molecule has 3 rings (SSSR count). The summed E-state index contributed by atoms with van der Waals surface area (Å²) in [4.78, 5) is 30.1. The van der Waals surface area contributed by atoms with Crippen LogP contribution in [0.2, 0.25) is 0 Å². The van der Waals surface area contributed by atoms with Crippen molar-refractivity contribution in [3.05, 3.63) is 47.7 Å².